The molecule has 1 N–H and O–H groups in total. The van der Waals surface area contributed by atoms with Crippen molar-refractivity contribution in [3.05, 3.63) is 24.4 Å². The van der Waals surface area contributed by atoms with E-state index in [1.54, 1.807) is 23.1 Å². The topological polar surface area (TPSA) is 50.2 Å². The Morgan fingerprint density at radius 3 is 3.30 bits per heavy atom. The smallest absolute Gasteiger partial charge is 0.167 e. The number of nitrogens with one attached hydrogen (secondary N) is 1. The normalized spacial score (nSPS) is 10.4. The average Bonchev–Trinajstić information content (AvgIpc) is 2.42. The highest BCUT2D eigenvalue weighted by atomic mass is 16.1. The number of hydrogen-bond acceptors (Lipinski definition) is 2. The van der Waals surface area contributed by atoms with Crippen molar-refractivity contribution in [2.45, 2.75) is 0 Å². The largest absolute Gasteiger partial charge is 0.336 e. The van der Waals surface area contributed by atoms with Crippen LogP contribution in [-0.4, -0.2) is 20.7 Å². The molecule has 2 heterocycles. The molecule has 0 aliphatic rings. The summed E-state index contributed by atoms with van der Waals surface area (Å²) in [6, 6.07) is 0. The van der Waals surface area contributed by atoms with Gasteiger partial charge in [0, 0.05) is 6.20 Å². The number of fused-ring (bicyclic) bond motifs is 1. The first-order chi connectivity index (χ1) is 4.90. The van der Waals surface area contributed by atoms with Crippen molar-refractivity contribution in [1.29, 1.82) is 0 Å². The lowest BCUT2D eigenvalue weighted by Crippen LogP contribution is -1.75. The number of nitrogens with zero attached hydrogens (tertiary/aromatic N) is 2. The van der Waals surface area contributed by atoms with Crippen LogP contribution in [0.4, 0.5) is 0 Å². The predicted molar refractivity (Wildman–Crippen MR) is 34.9 cm³/mol. The Kier molecular flexibility index (Phi) is 0.887. The zero-order valence-electron chi connectivity index (χ0n) is 5.11. The number of H-pyrrole nitrogens is 1. The highest BCUT2D eigenvalue weighted by Gasteiger charge is 1.96. The number of aromatic amines is 1. The van der Waals surface area contributed by atoms with Gasteiger partial charge in [-0.25, -0.2) is 4.98 Å². The SMILES string of the molecule is O=Cc1cn2cncc2[nH]1. The van der Waals surface area contributed by atoms with E-state index in [4.69, 9.17) is 0 Å². The first-order valence-corrected chi connectivity index (χ1v) is 2.86. The van der Waals surface area contributed by atoms with Gasteiger partial charge >= 0.3 is 0 Å². The van der Waals surface area contributed by atoms with Crippen LogP contribution < -0.4 is 0 Å². The van der Waals surface area contributed by atoms with E-state index >= 15 is 0 Å². The standard InChI is InChI=1S/C6H5N3O/c10-3-5-2-9-4-7-1-6(9)8-5/h1-4,8H. The van der Waals surface area contributed by atoms with Gasteiger partial charge in [-0.1, -0.05) is 0 Å². The molecule has 0 aromatic carbocycles. The minimum absolute atomic E-state index is 0.567. The van der Waals surface area contributed by atoms with Crippen molar-refractivity contribution < 1.29 is 4.79 Å². The summed E-state index contributed by atoms with van der Waals surface area (Å²) in [6.45, 7) is 0. The number of rotatable bonds is 1. The van der Waals surface area contributed by atoms with Crippen LogP contribution in [0.2, 0.25) is 0 Å². The van der Waals surface area contributed by atoms with Crippen LogP contribution in [0.3, 0.4) is 0 Å². The van der Waals surface area contributed by atoms with Gasteiger partial charge < -0.3 is 4.98 Å². The van der Waals surface area contributed by atoms with Crippen molar-refractivity contribution in [2.24, 2.45) is 0 Å². The quantitative estimate of drug-likeness (QED) is 0.578. The zero-order valence-corrected chi connectivity index (χ0v) is 5.11. The first kappa shape index (κ1) is 5.22. The van der Waals surface area contributed by atoms with Crippen molar-refractivity contribution in [3.63, 3.8) is 0 Å². The second kappa shape index (κ2) is 1.70. The van der Waals surface area contributed by atoms with E-state index in [0.717, 1.165) is 11.9 Å². The van der Waals surface area contributed by atoms with Crippen LogP contribution in [0.15, 0.2) is 18.7 Å². The Hall–Kier alpha value is -1.58. The van der Waals surface area contributed by atoms with Crippen LogP contribution >= 0.6 is 0 Å². The molecule has 2 aromatic heterocycles. The summed E-state index contributed by atoms with van der Waals surface area (Å²) in [4.78, 5) is 16.9. The number of hydrogen-bond donors (Lipinski definition) is 1. The highest BCUT2D eigenvalue weighted by molar-refractivity contribution is 5.72. The second-order valence-corrected chi connectivity index (χ2v) is 2.01. The zero-order chi connectivity index (χ0) is 6.97. The molecule has 0 radical (unpaired) electrons. The molecule has 10 heavy (non-hydrogen) atoms. The molecule has 0 saturated carbocycles. The maximum Gasteiger partial charge on any atom is 0.167 e. The number of aldehydes is 1. The molecular formula is C6H5N3O. The summed E-state index contributed by atoms with van der Waals surface area (Å²) in [6.07, 6.45) is 5.76. The van der Waals surface area contributed by atoms with E-state index in [9.17, 15) is 4.79 Å². The first-order valence-electron chi connectivity index (χ1n) is 2.86. The maximum atomic E-state index is 10.2. The molecule has 2 aromatic rings. The lowest BCUT2D eigenvalue weighted by atomic mass is 10.5. The number of carbonyl (C=O) groups is 1. The minimum atomic E-state index is 0.567. The fourth-order valence-electron chi connectivity index (χ4n) is 0.894. The Labute approximate surface area is 56.5 Å². The van der Waals surface area contributed by atoms with Gasteiger partial charge in [-0.15, -0.1) is 0 Å². The van der Waals surface area contributed by atoms with Gasteiger partial charge in [0.05, 0.1) is 11.9 Å². The fraction of sp³-hybridized carbons (Fsp3) is 0. The molecule has 50 valence electrons. The molecule has 4 nitrogen and oxygen atoms in total. The van der Waals surface area contributed by atoms with Gasteiger partial charge in [-0.3, -0.25) is 9.20 Å². The monoisotopic (exact) mass is 135 g/mol. The van der Waals surface area contributed by atoms with Crippen molar-refractivity contribution in [3.8, 4) is 0 Å². The molecule has 0 fully saturated rings. The Balaban J connectivity index is 2.78. The Bertz CT molecular complexity index is 331. The maximum absolute atomic E-state index is 10.2. The number of carbonyl (C=O) groups excluding carboxylic acids is 1. The molecule has 4 heteroatoms. The van der Waals surface area contributed by atoms with Crippen LogP contribution in [0.5, 0.6) is 0 Å². The lowest BCUT2D eigenvalue weighted by molar-refractivity contribution is 0.111. The van der Waals surface area contributed by atoms with E-state index in [1.807, 2.05) is 0 Å². The molecule has 2 rings (SSSR count). The van der Waals surface area contributed by atoms with Gasteiger partial charge in [-0.05, 0) is 0 Å². The Morgan fingerprint density at radius 2 is 2.60 bits per heavy atom. The van der Waals surface area contributed by atoms with Crippen molar-refractivity contribution >= 4 is 11.9 Å². The van der Waals surface area contributed by atoms with E-state index in [1.165, 1.54) is 0 Å². The van der Waals surface area contributed by atoms with Crippen LogP contribution in [-0.2, 0) is 0 Å². The molecule has 0 bridgehead atoms. The molecule has 0 unspecified atom stereocenters. The molecule has 0 amide bonds. The number of aromatic nitrogens is 3. The summed E-state index contributed by atoms with van der Waals surface area (Å²) in [5, 5.41) is 0. The molecule has 0 saturated heterocycles. The van der Waals surface area contributed by atoms with E-state index < -0.39 is 0 Å². The van der Waals surface area contributed by atoms with Crippen LogP contribution in [0.1, 0.15) is 10.5 Å². The molecule has 0 atom stereocenters. The van der Waals surface area contributed by atoms with Gasteiger partial charge in [0.2, 0.25) is 0 Å². The average molecular weight is 135 g/mol. The van der Waals surface area contributed by atoms with E-state index in [2.05, 4.69) is 9.97 Å². The van der Waals surface area contributed by atoms with Gasteiger partial charge in [0.1, 0.15) is 12.0 Å². The summed E-state index contributed by atoms with van der Waals surface area (Å²) in [5.74, 6) is 0. The Morgan fingerprint density at radius 1 is 1.70 bits per heavy atom. The highest BCUT2D eigenvalue weighted by Crippen LogP contribution is 1.99. The molecule has 0 aliphatic carbocycles. The predicted octanol–water partition coefficient (Wildman–Crippen LogP) is 0.475. The number of imidazole rings is 2. The van der Waals surface area contributed by atoms with E-state index in [0.29, 0.717) is 5.69 Å². The van der Waals surface area contributed by atoms with Crippen LogP contribution in [0.25, 0.3) is 5.65 Å². The summed E-state index contributed by atoms with van der Waals surface area (Å²) < 4.78 is 1.75. The van der Waals surface area contributed by atoms with Crippen molar-refractivity contribution in [1.82, 2.24) is 14.4 Å². The third-order valence-electron chi connectivity index (χ3n) is 1.34. The third-order valence-corrected chi connectivity index (χ3v) is 1.34. The molecule has 0 aliphatic heterocycles. The summed E-state index contributed by atoms with van der Waals surface area (Å²) in [5.41, 5.74) is 1.40. The summed E-state index contributed by atoms with van der Waals surface area (Å²) in [7, 11) is 0. The fourth-order valence-corrected chi connectivity index (χ4v) is 0.894. The molecular weight excluding hydrogens is 130 g/mol. The summed E-state index contributed by atoms with van der Waals surface area (Å²) >= 11 is 0. The van der Waals surface area contributed by atoms with E-state index in [-0.39, 0.29) is 0 Å². The minimum Gasteiger partial charge on any atom is -0.336 e. The van der Waals surface area contributed by atoms with Gasteiger partial charge in [0.25, 0.3) is 0 Å². The lowest BCUT2D eigenvalue weighted by Gasteiger charge is -1.71. The van der Waals surface area contributed by atoms with Gasteiger partial charge in [0.15, 0.2) is 6.29 Å². The second-order valence-electron chi connectivity index (χ2n) is 2.01. The van der Waals surface area contributed by atoms with Crippen LogP contribution in [0, 0.1) is 0 Å². The van der Waals surface area contributed by atoms with Gasteiger partial charge in [-0.2, -0.15) is 0 Å². The molecule has 0 spiro atoms. The van der Waals surface area contributed by atoms with Crippen molar-refractivity contribution in [2.75, 3.05) is 0 Å². The third kappa shape index (κ3) is 0.556.